The molecule has 0 saturated carbocycles. The zero-order valence-corrected chi connectivity index (χ0v) is 11.6. The van der Waals surface area contributed by atoms with E-state index in [-0.39, 0.29) is 11.9 Å². The molecule has 6 nitrogen and oxygen atoms in total. The number of nitriles is 1. The average Bonchev–Trinajstić information content (AvgIpc) is 2.41. The number of pyridine rings is 1. The minimum absolute atomic E-state index is 0.278. The standard InChI is InChI=1S/C14H19N5O/c1-10-2-3-11(8-15)14(17-10)18-12-4-6-19(7-5-12)9-13(16)20/h2-3,12H,4-7,9H2,1H3,(H2,16,20)(H,17,18). The van der Waals surface area contributed by atoms with Gasteiger partial charge in [0.25, 0.3) is 0 Å². The van der Waals surface area contributed by atoms with Gasteiger partial charge in [0, 0.05) is 24.8 Å². The summed E-state index contributed by atoms with van der Waals surface area (Å²) < 4.78 is 0. The Morgan fingerprint density at radius 1 is 1.55 bits per heavy atom. The topological polar surface area (TPSA) is 95.0 Å². The first kappa shape index (κ1) is 14.3. The molecular formula is C14H19N5O. The van der Waals surface area contributed by atoms with E-state index in [1.54, 1.807) is 6.07 Å². The van der Waals surface area contributed by atoms with Gasteiger partial charge in [0.2, 0.25) is 5.91 Å². The lowest BCUT2D eigenvalue weighted by Gasteiger charge is -2.31. The Kier molecular flexibility index (Phi) is 4.53. The van der Waals surface area contributed by atoms with E-state index in [0.29, 0.717) is 17.9 Å². The predicted octanol–water partition coefficient (Wildman–Crippen LogP) is 0.623. The van der Waals surface area contributed by atoms with Gasteiger partial charge in [0.1, 0.15) is 11.9 Å². The summed E-state index contributed by atoms with van der Waals surface area (Å²) in [7, 11) is 0. The van der Waals surface area contributed by atoms with Crippen LogP contribution >= 0.6 is 0 Å². The van der Waals surface area contributed by atoms with E-state index in [1.165, 1.54) is 0 Å². The van der Waals surface area contributed by atoms with Crippen molar-refractivity contribution in [2.24, 2.45) is 5.73 Å². The van der Waals surface area contributed by atoms with Gasteiger partial charge in [0.05, 0.1) is 12.1 Å². The van der Waals surface area contributed by atoms with Crippen LogP contribution in [0.1, 0.15) is 24.1 Å². The van der Waals surface area contributed by atoms with Crippen molar-refractivity contribution in [3.05, 3.63) is 23.4 Å². The molecule has 1 aliphatic heterocycles. The molecule has 1 aromatic heterocycles. The maximum Gasteiger partial charge on any atom is 0.231 e. The third-order valence-corrected chi connectivity index (χ3v) is 3.46. The lowest BCUT2D eigenvalue weighted by atomic mass is 10.0. The first-order valence-corrected chi connectivity index (χ1v) is 6.73. The summed E-state index contributed by atoms with van der Waals surface area (Å²) in [6, 6.07) is 6.05. The Hall–Kier alpha value is -2.13. The summed E-state index contributed by atoms with van der Waals surface area (Å²) in [5.41, 5.74) is 6.65. The number of hydrogen-bond donors (Lipinski definition) is 2. The zero-order chi connectivity index (χ0) is 14.5. The van der Waals surface area contributed by atoms with Gasteiger partial charge in [-0.3, -0.25) is 9.69 Å². The number of nitrogens with one attached hydrogen (secondary N) is 1. The van der Waals surface area contributed by atoms with Crippen molar-refractivity contribution in [3.8, 4) is 6.07 Å². The van der Waals surface area contributed by atoms with Crippen LogP contribution in [0.3, 0.4) is 0 Å². The second-order valence-corrected chi connectivity index (χ2v) is 5.12. The molecule has 0 aromatic carbocycles. The summed E-state index contributed by atoms with van der Waals surface area (Å²) in [4.78, 5) is 17.3. The van der Waals surface area contributed by atoms with Gasteiger partial charge in [-0.25, -0.2) is 4.98 Å². The van der Waals surface area contributed by atoms with Crippen LogP contribution in [0.2, 0.25) is 0 Å². The Morgan fingerprint density at radius 3 is 2.85 bits per heavy atom. The minimum Gasteiger partial charge on any atom is -0.369 e. The van der Waals surface area contributed by atoms with Crippen LogP contribution in [0.15, 0.2) is 12.1 Å². The fourth-order valence-corrected chi connectivity index (χ4v) is 2.41. The maximum atomic E-state index is 10.9. The van der Waals surface area contributed by atoms with Crippen molar-refractivity contribution in [1.82, 2.24) is 9.88 Å². The molecule has 20 heavy (non-hydrogen) atoms. The molecule has 0 spiro atoms. The van der Waals surface area contributed by atoms with Gasteiger partial charge >= 0.3 is 0 Å². The molecule has 0 bridgehead atoms. The SMILES string of the molecule is Cc1ccc(C#N)c(NC2CCN(CC(N)=O)CC2)n1. The summed E-state index contributed by atoms with van der Waals surface area (Å²) in [6.07, 6.45) is 1.82. The van der Waals surface area contributed by atoms with Crippen molar-refractivity contribution in [1.29, 1.82) is 5.26 Å². The van der Waals surface area contributed by atoms with Gasteiger partial charge in [-0.2, -0.15) is 5.26 Å². The Balaban J connectivity index is 1.94. The number of likely N-dealkylation sites (tertiary alicyclic amines) is 1. The number of anilines is 1. The van der Waals surface area contributed by atoms with Crippen LogP contribution in [0, 0.1) is 18.3 Å². The monoisotopic (exact) mass is 273 g/mol. The van der Waals surface area contributed by atoms with Crippen LogP contribution in [-0.2, 0) is 4.79 Å². The van der Waals surface area contributed by atoms with Crippen molar-refractivity contribution < 1.29 is 4.79 Å². The second kappa shape index (κ2) is 6.35. The highest BCUT2D eigenvalue weighted by Crippen LogP contribution is 2.18. The van der Waals surface area contributed by atoms with Crippen LogP contribution < -0.4 is 11.1 Å². The van der Waals surface area contributed by atoms with Gasteiger partial charge in [0.15, 0.2) is 0 Å². The number of nitrogens with zero attached hydrogens (tertiary/aromatic N) is 3. The smallest absolute Gasteiger partial charge is 0.231 e. The van der Waals surface area contributed by atoms with Crippen LogP contribution in [-0.4, -0.2) is 41.5 Å². The van der Waals surface area contributed by atoms with Crippen LogP contribution in [0.4, 0.5) is 5.82 Å². The van der Waals surface area contributed by atoms with Crippen molar-refractivity contribution in [2.75, 3.05) is 25.0 Å². The molecule has 106 valence electrons. The quantitative estimate of drug-likeness (QED) is 0.838. The lowest BCUT2D eigenvalue weighted by molar-refractivity contribution is -0.119. The molecule has 6 heteroatoms. The van der Waals surface area contributed by atoms with E-state index in [1.807, 2.05) is 13.0 Å². The van der Waals surface area contributed by atoms with Crippen LogP contribution in [0.5, 0.6) is 0 Å². The van der Waals surface area contributed by atoms with E-state index in [0.717, 1.165) is 31.6 Å². The molecule has 0 unspecified atom stereocenters. The summed E-state index contributed by atoms with van der Waals surface area (Å²) >= 11 is 0. The molecule has 2 rings (SSSR count). The van der Waals surface area contributed by atoms with E-state index in [4.69, 9.17) is 11.0 Å². The van der Waals surface area contributed by atoms with Crippen LogP contribution in [0.25, 0.3) is 0 Å². The third-order valence-electron chi connectivity index (χ3n) is 3.46. The van der Waals surface area contributed by atoms with Crippen molar-refractivity contribution in [2.45, 2.75) is 25.8 Å². The highest BCUT2D eigenvalue weighted by Gasteiger charge is 2.21. The number of rotatable bonds is 4. The molecular weight excluding hydrogens is 254 g/mol. The van der Waals surface area contributed by atoms with Gasteiger partial charge in [-0.05, 0) is 31.9 Å². The second-order valence-electron chi connectivity index (χ2n) is 5.12. The van der Waals surface area contributed by atoms with Crippen molar-refractivity contribution in [3.63, 3.8) is 0 Å². The number of amides is 1. The molecule has 3 N–H and O–H groups in total. The third kappa shape index (κ3) is 3.68. The summed E-state index contributed by atoms with van der Waals surface area (Å²) in [5.74, 6) is 0.365. The Labute approximate surface area is 118 Å². The molecule has 1 aliphatic rings. The number of piperidine rings is 1. The number of carbonyl (C=O) groups excluding carboxylic acids is 1. The summed E-state index contributed by atoms with van der Waals surface area (Å²) in [5, 5.41) is 12.4. The number of carbonyl (C=O) groups is 1. The predicted molar refractivity (Wildman–Crippen MR) is 76.0 cm³/mol. The average molecular weight is 273 g/mol. The highest BCUT2D eigenvalue weighted by atomic mass is 16.1. The first-order chi connectivity index (χ1) is 9.58. The van der Waals surface area contributed by atoms with Gasteiger partial charge < -0.3 is 11.1 Å². The molecule has 1 amide bonds. The molecule has 0 radical (unpaired) electrons. The molecule has 0 atom stereocenters. The van der Waals surface area contributed by atoms with Crippen molar-refractivity contribution >= 4 is 11.7 Å². The molecule has 0 aliphatic carbocycles. The fourth-order valence-electron chi connectivity index (χ4n) is 2.41. The number of hydrogen-bond acceptors (Lipinski definition) is 5. The molecule has 1 saturated heterocycles. The summed E-state index contributed by atoms with van der Waals surface area (Å²) in [6.45, 7) is 3.88. The zero-order valence-electron chi connectivity index (χ0n) is 11.6. The first-order valence-electron chi connectivity index (χ1n) is 6.73. The highest BCUT2D eigenvalue weighted by molar-refractivity contribution is 5.75. The minimum atomic E-state index is -0.288. The largest absolute Gasteiger partial charge is 0.369 e. The Morgan fingerprint density at radius 2 is 2.25 bits per heavy atom. The van der Waals surface area contributed by atoms with E-state index in [2.05, 4.69) is 21.3 Å². The van der Waals surface area contributed by atoms with E-state index in [9.17, 15) is 4.79 Å². The fraction of sp³-hybridized carbons (Fsp3) is 0.500. The maximum absolute atomic E-state index is 10.9. The normalized spacial score (nSPS) is 16.6. The number of primary amides is 1. The number of aromatic nitrogens is 1. The molecule has 1 fully saturated rings. The Bertz CT molecular complexity index is 529. The molecule has 1 aromatic rings. The number of aryl methyl sites for hydroxylation is 1. The molecule has 2 heterocycles. The number of nitrogens with two attached hydrogens (primary N) is 1. The van der Waals surface area contributed by atoms with E-state index < -0.39 is 0 Å². The van der Waals surface area contributed by atoms with Gasteiger partial charge in [-0.1, -0.05) is 0 Å². The lowest BCUT2D eigenvalue weighted by Crippen LogP contribution is -2.43. The van der Waals surface area contributed by atoms with Gasteiger partial charge in [-0.15, -0.1) is 0 Å². The van der Waals surface area contributed by atoms with E-state index >= 15 is 0 Å².